The molecule has 0 radical (unpaired) electrons. The van der Waals surface area contributed by atoms with E-state index >= 15 is 0 Å². The minimum absolute atomic E-state index is 0.681. The zero-order valence-electron chi connectivity index (χ0n) is 18.8. The topological polar surface area (TPSA) is 66.6 Å². The van der Waals surface area contributed by atoms with E-state index in [4.69, 9.17) is 33.9 Å². The molecule has 4 N–H and O–H groups in total. The minimum Gasteiger partial charge on any atom is -0.497 e. The van der Waals surface area contributed by atoms with Crippen LogP contribution in [0.3, 0.4) is 0 Å². The third kappa shape index (κ3) is 12.0. The zero-order chi connectivity index (χ0) is 22.9. The maximum atomic E-state index is 5.15. The van der Waals surface area contributed by atoms with Gasteiger partial charge >= 0.3 is 0 Å². The molecular weight excluding hydrogens is 428 g/mol. The second-order valence-corrected chi connectivity index (χ2v) is 7.34. The molecule has 0 heterocycles. The molecule has 0 spiro atoms. The van der Waals surface area contributed by atoms with Crippen molar-refractivity contribution in [2.24, 2.45) is 0 Å². The number of rotatable bonds is 9. The summed E-state index contributed by atoms with van der Waals surface area (Å²) in [4.78, 5) is 0. The Morgan fingerprint density at radius 2 is 1.23 bits per heavy atom. The molecule has 0 saturated heterocycles. The van der Waals surface area contributed by atoms with E-state index < -0.39 is 0 Å². The van der Waals surface area contributed by atoms with Gasteiger partial charge in [-0.1, -0.05) is 31.2 Å². The van der Waals surface area contributed by atoms with Crippen LogP contribution in [0.5, 0.6) is 11.5 Å². The maximum Gasteiger partial charge on any atom is 0.166 e. The Labute approximate surface area is 197 Å². The summed E-state index contributed by atoms with van der Waals surface area (Å²) in [5.74, 6) is 1.73. The molecule has 0 aliphatic rings. The number of thiocarbonyl (C=S) groups is 2. The highest BCUT2D eigenvalue weighted by molar-refractivity contribution is 7.80. The van der Waals surface area contributed by atoms with Gasteiger partial charge in [-0.15, -0.1) is 0 Å². The maximum absolute atomic E-state index is 5.15. The lowest BCUT2D eigenvalue weighted by Gasteiger charge is -2.10. The van der Waals surface area contributed by atoms with Crippen LogP contribution in [0.1, 0.15) is 31.4 Å². The number of nitrogens with one attached hydrogen (secondary N) is 4. The Morgan fingerprint density at radius 1 is 0.742 bits per heavy atom. The van der Waals surface area contributed by atoms with Crippen LogP contribution in [0.15, 0.2) is 48.5 Å². The Bertz CT molecular complexity index is 803. The third-order valence-corrected chi connectivity index (χ3v) is 4.62. The average Bonchev–Trinajstić information content (AvgIpc) is 2.81. The largest absolute Gasteiger partial charge is 0.497 e. The molecule has 6 nitrogen and oxygen atoms in total. The van der Waals surface area contributed by atoms with E-state index in [2.05, 4.69) is 28.2 Å². The van der Waals surface area contributed by atoms with Crippen molar-refractivity contribution in [3.05, 3.63) is 59.7 Å². The van der Waals surface area contributed by atoms with Crippen LogP contribution in [0.4, 0.5) is 0 Å². The molecule has 0 fully saturated rings. The van der Waals surface area contributed by atoms with Crippen molar-refractivity contribution in [1.82, 2.24) is 21.3 Å². The molecule has 0 aromatic heterocycles. The van der Waals surface area contributed by atoms with Crippen molar-refractivity contribution in [3.63, 3.8) is 0 Å². The first kappa shape index (κ1) is 26.5. The number of benzene rings is 2. The Morgan fingerprint density at radius 3 is 1.65 bits per heavy atom. The summed E-state index contributed by atoms with van der Waals surface area (Å²) < 4.78 is 10.3. The second-order valence-electron chi connectivity index (χ2n) is 6.53. The highest BCUT2D eigenvalue weighted by Gasteiger charge is 1.98. The van der Waals surface area contributed by atoms with Crippen LogP contribution < -0.4 is 30.7 Å². The lowest BCUT2D eigenvalue weighted by atomic mass is 10.2. The summed E-state index contributed by atoms with van der Waals surface area (Å²) in [6.45, 7) is 7.29. The molecule has 0 aliphatic carbocycles. The van der Waals surface area contributed by atoms with E-state index in [1.807, 2.05) is 55.5 Å². The molecule has 31 heavy (non-hydrogen) atoms. The Balaban J connectivity index is 0.000000311. The SMILES string of the molecule is CCCNC(=S)NCc1cccc(OC)c1.CCNC(=S)NCc1cccc(OC)c1. The molecule has 8 heteroatoms. The first-order chi connectivity index (χ1) is 15.0. The number of ether oxygens (including phenoxy) is 2. The molecule has 0 aliphatic heterocycles. The van der Waals surface area contributed by atoms with Crippen molar-refractivity contribution in [2.75, 3.05) is 27.3 Å². The van der Waals surface area contributed by atoms with E-state index in [0.29, 0.717) is 23.3 Å². The van der Waals surface area contributed by atoms with Crippen LogP contribution >= 0.6 is 24.4 Å². The quantitative estimate of drug-likeness (QED) is 0.420. The zero-order valence-corrected chi connectivity index (χ0v) is 20.4. The predicted molar refractivity (Wildman–Crippen MR) is 137 cm³/mol. The van der Waals surface area contributed by atoms with Crippen LogP contribution in [0.25, 0.3) is 0 Å². The molecule has 170 valence electrons. The molecule has 0 saturated carbocycles. The lowest BCUT2D eigenvalue weighted by molar-refractivity contribution is 0.414. The number of methoxy groups -OCH3 is 2. The summed E-state index contributed by atoms with van der Waals surface area (Å²) in [5, 5.41) is 13.8. The highest BCUT2D eigenvalue weighted by Crippen LogP contribution is 2.12. The van der Waals surface area contributed by atoms with E-state index in [9.17, 15) is 0 Å². The summed E-state index contributed by atoms with van der Waals surface area (Å²) in [6.07, 6.45) is 1.07. The second kappa shape index (κ2) is 16.2. The van der Waals surface area contributed by atoms with Crippen molar-refractivity contribution >= 4 is 34.7 Å². The van der Waals surface area contributed by atoms with Gasteiger partial charge in [0.15, 0.2) is 10.2 Å². The van der Waals surface area contributed by atoms with Crippen molar-refractivity contribution < 1.29 is 9.47 Å². The van der Waals surface area contributed by atoms with E-state index in [1.165, 1.54) is 0 Å². The first-order valence-corrected chi connectivity index (χ1v) is 11.1. The van der Waals surface area contributed by atoms with Crippen LogP contribution in [0.2, 0.25) is 0 Å². The monoisotopic (exact) mass is 462 g/mol. The summed E-state index contributed by atoms with van der Waals surface area (Å²) in [7, 11) is 3.33. The normalized spacial score (nSPS) is 9.55. The Kier molecular flexibility index (Phi) is 13.8. The van der Waals surface area contributed by atoms with Gasteiger partial charge in [-0.2, -0.15) is 0 Å². The smallest absolute Gasteiger partial charge is 0.166 e. The fourth-order valence-electron chi connectivity index (χ4n) is 2.45. The van der Waals surface area contributed by atoms with Gasteiger partial charge in [-0.25, -0.2) is 0 Å². The van der Waals surface area contributed by atoms with E-state index in [0.717, 1.165) is 42.1 Å². The van der Waals surface area contributed by atoms with Crippen LogP contribution in [0, 0.1) is 0 Å². The fourth-order valence-corrected chi connectivity index (χ4v) is 2.84. The van der Waals surface area contributed by atoms with Crippen molar-refractivity contribution in [1.29, 1.82) is 0 Å². The summed E-state index contributed by atoms with van der Waals surface area (Å²) in [5.41, 5.74) is 2.30. The van der Waals surface area contributed by atoms with Gasteiger partial charge in [0.2, 0.25) is 0 Å². The van der Waals surface area contributed by atoms with Crippen molar-refractivity contribution in [2.45, 2.75) is 33.4 Å². The molecule has 2 aromatic carbocycles. The fraction of sp³-hybridized carbons (Fsp3) is 0.391. The molecule has 0 bridgehead atoms. The predicted octanol–water partition coefficient (Wildman–Crippen LogP) is 3.75. The van der Waals surface area contributed by atoms with Crippen molar-refractivity contribution in [3.8, 4) is 11.5 Å². The first-order valence-electron chi connectivity index (χ1n) is 10.3. The molecule has 2 aromatic rings. The van der Waals surface area contributed by atoms with Crippen LogP contribution in [-0.2, 0) is 13.1 Å². The van der Waals surface area contributed by atoms with Gasteiger partial charge in [0.05, 0.1) is 14.2 Å². The standard InChI is InChI=1S/C12H18N2OS.C11H16N2OS/c1-3-7-13-12(16)14-9-10-5-4-6-11(8-10)15-2;1-3-12-11(15)13-8-9-5-4-6-10(7-9)14-2/h4-6,8H,3,7,9H2,1-2H3,(H2,13,14,16);4-7H,3,8H2,1-2H3,(H2,12,13,15). The minimum atomic E-state index is 0.681. The van der Waals surface area contributed by atoms with Gasteiger partial charge in [-0.3, -0.25) is 0 Å². The van der Waals surface area contributed by atoms with E-state index in [-0.39, 0.29) is 0 Å². The van der Waals surface area contributed by atoms with Gasteiger partial charge < -0.3 is 30.7 Å². The van der Waals surface area contributed by atoms with Gasteiger partial charge in [-0.05, 0) is 73.2 Å². The molecular formula is C23H34N4O2S2. The molecule has 0 unspecified atom stereocenters. The lowest BCUT2D eigenvalue weighted by Crippen LogP contribution is -2.35. The van der Waals surface area contributed by atoms with Gasteiger partial charge in [0.25, 0.3) is 0 Å². The highest BCUT2D eigenvalue weighted by atomic mass is 32.1. The Hall–Kier alpha value is -2.58. The summed E-state index contributed by atoms with van der Waals surface area (Å²) >= 11 is 10.2. The number of hydrogen-bond donors (Lipinski definition) is 4. The summed E-state index contributed by atoms with van der Waals surface area (Å²) in [6, 6.07) is 15.8. The van der Waals surface area contributed by atoms with Gasteiger partial charge in [0, 0.05) is 26.2 Å². The molecule has 0 atom stereocenters. The van der Waals surface area contributed by atoms with E-state index in [1.54, 1.807) is 14.2 Å². The molecule has 2 rings (SSSR count). The molecule has 0 amide bonds. The third-order valence-electron chi connectivity index (χ3n) is 4.05. The van der Waals surface area contributed by atoms with Crippen LogP contribution in [-0.4, -0.2) is 37.5 Å². The van der Waals surface area contributed by atoms with Gasteiger partial charge in [0.1, 0.15) is 11.5 Å². The average molecular weight is 463 g/mol. The number of hydrogen-bond acceptors (Lipinski definition) is 4.